The maximum absolute atomic E-state index is 4.09. The van der Waals surface area contributed by atoms with Gasteiger partial charge in [-0.1, -0.05) is 51.5 Å². The Morgan fingerprint density at radius 2 is 2.31 bits per heavy atom. The first-order valence-corrected chi connectivity index (χ1v) is 5.28. The van der Waals surface area contributed by atoms with E-state index in [-0.39, 0.29) is 0 Å². The van der Waals surface area contributed by atoms with Gasteiger partial charge < -0.3 is 0 Å². The summed E-state index contributed by atoms with van der Waals surface area (Å²) in [6, 6.07) is 0. The molecule has 0 nitrogen and oxygen atoms in total. The van der Waals surface area contributed by atoms with Crippen LogP contribution in [-0.4, -0.2) is 0 Å². The molecule has 0 saturated heterocycles. The average molecular weight is 176 g/mol. The first-order valence-electron chi connectivity index (χ1n) is 5.28. The topological polar surface area (TPSA) is 0 Å². The molecule has 0 aliphatic heterocycles. The lowest BCUT2D eigenvalue weighted by Gasteiger charge is -2.16. The Hall–Kier alpha value is -0.780. The van der Waals surface area contributed by atoms with E-state index < -0.39 is 0 Å². The molecule has 1 atom stereocenters. The van der Waals surface area contributed by atoms with Crippen LogP contribution < -0.4 is 0 Å². The summed E-state index contributed by atoms with van der Waals surface area (Å²) in [5.41, 5.74) is 2.77. The van der Waals surface area contributed by atoms with Gasteiger partial charge in [-0.25, -0.2) is 0 Å². The highest BCUT2D eigenvalue weighted by Crippen LogP contribution is 2.25. The Kier molecular flexibility index (Phi) is 4.01. The van der Waals surface area contributed by atoms with Gasteiger partial charge in [-0.3, -0.25) is 0 Å². The van der Waals surface area contributed by atoms with Gasteiger partial charge in [-0.2, -0.15) is 0 Å². The van der Waals surface area contributed by atoms with E-state index in [1.54, 1.807) is 0 Å². The van der Waals surface area contributed by atoms with Crippen LogP contribution in [0.4, 0.5) is 0 Å². The van der Waals surface area contributed by atoms with Crippen LogP contribution in [0.3, 0.4) is 0 Å². The van der Waals surface area contributed by atoms with E-state index >= 15 is 0 Å². The van der Waals surface area contributed by atoms with Crippen LogP contribution >= 0.6 is 0 Å². The van der Waals surface area contributed by atoms with Crippen molar-refractivity contribution >= 4 is 0 Å². The molecule has 0 aromatic heterocycles. The summed E-state index contributed by atoms with van der Waals surface area (Å²) >= 11 is 0. The lowest BCUT2D eigenvalue weighted by molar-refractivity contribution is 0.521. The minimum atomic E-state index is 0.805. The summed E-state index contributed by atoms with van der Waals surface area (Å²) in [7, 11) is 0. The molecule has 0 unspecified atom stereocenters. The third kappa shape index (κ3) is 3.22. The predicted octanol–water partition coefficient (Wildman–Crippen LogP) is 4.26. The van der Waals surface area contributed by atoms with Gasteiger partial charge in [0.05, 0.1) is 0 Å². The van der Waals surface area contributed by atoms with Gasteiger partial charge in [0.15, 0.2) is 0 Å². The molecular weight excluding hydrogens is 156 g/mol. The van der Waals surface area contributed by atoms with Crippen LogP contribution in [0.2, 0.25) is 0 Å². The van der Waals surface area contributed by atoms with Crippen molar-refractivity contribution in [3.63, 3.8) is 0 Å². The van der Waals surface area contributed by atoms with Crippen molar-refractivity contribution in [3.8, 4) is 0 Å². The fourth-order valence-corrected chi connectivity index (χ4v) is 1.83. The molecule has 1 aliphatic carbocycles. The molecule has 13 heavy (non-hydrogen) atoms. The summed E-state index contributed by atoms with van der Waals surface area (Å²) in [5.74, 6) is 0.805. The maximum atomic E-state index is 4.09. The number of hydrogen-bond acceptors (Lipinski definition) is 0. The second-order valence-electron chi connectivity index (χ2n) is 4.03. The standard InChI is InChI=1S/C13H20/c1-4-7-11(2)10-13-9-6-5-8-12(13)3/h5-6,9,11H,3-4,7-8,10H2,1-2H3/t11-/m1/s1. The zero-order chi connectivity index (χ0) is 9.68. The lowest BCUT2D eigenvalue weighted by Crippen LogP contribution is -1.99. The monoisotopic (exact) mass is 176 g/mol. The Morgan fingerprint density at radius 3 is 2.92 bits per heavy atom. The first-order chi connectivity index (χ1) is 6.24. The molecule has 0 amide bonds. The molecule has 0 fully saturated rings. The zero-order valence-electron chi connectivity index (χ0n) is 8.84. The quantitative estimate of drug-likeness (QED) is 0.600. The minimum absolute atomic E-state index is 0.805. The molecule has 0 N–H and O–H groups in total. The van der Waals surface area contributed by atoms with Gasteiger partial charge in [-0.15, -0.1) is 0 Å². The van der Waals surface area contributed by atoms with Crippen LogP contribution in [0, 0.1) is 5.92 Å². The Bertz CT molecular complexity index is 230. The number of hydrogen-bond donors (Lipinski definition) is 0. The highest BCUT2D eigenvalue weighted by molar-refractivity contribution is 5.37. The summed E-state index contributed by atoms with van der Waals surface area (Å²) in [4.78, 5) is 0. The molecule has 0 aromatic carbocycles. The second-order valence-corrected chi connectivity index (χ2v) is 4.03. The van der Waals surface area contributed by atoms with Crippen LogP contribution in [0.1, 0.15) is 39.5 Å². The van der Waals surface area contributed by atoms with Crippen LogP contribution in [0.25, 0.3) is 0 Å². The highest BCUT2D eigenvalue weighted by atomic mass is 14.1. The third-order valence-electron chi connectivity index (χ3n) is 2.60. The van der Waals surface area contributed by atoms with Crippen molar-refractivity contribution in [1.29, 1.82) is 0 Å². The van der Waals surface area contributed by atoms with Crippen LogP contribution in [0.5, 0.6) is 0 Å². The molecule has 0 heteroatoms. The van der Waals surface area contributed by atoms with Crippen LogP contribution in [0.15, 0.2) is 36.0 Å². The molecule has 0 radical (unpaired) electrons. The van der Waals surface area contributed by atoms with E-state index in [1.807, 2.05) is 0 Å². The lowest BCUT2D eigenvalue weighted by atomic mass is 9.89. The number of allylic oxidation sites excluding steroid dienone is 5. The van der Waals surface area contributed by atoms with Gasteiger partial charge in [0.2, 0.25) is 0 Å². The molecule has 0 aromatic rings. The summed E-state index contributed by atoms with van der Waals surface area (Å²) in [5, 5.41) is 0. The van der Waals surface area contributed by atoms with Gasteiger partial charge >= 0.3 is 0 Å². The molecule has 0 saturated carbocycles. The molecule has 1 aliphatic rings. The minimum Gasteiger partial charge on any atom is -0.0952 e. The zero-order valence-corrected chi connectivity index (χ0v) is 8.84. The summed E-state index contributed by atoms with van der Waals surface area (Å²) < 4.78 is 0. The molecule has 72 valence electrons. The molecular formula is C13H20. The Labute approximate surface area is 82.0 Å². The predicted molar refractivity (Wildman–Crippen MR) is 59.7 cm³/mol. The van der Waals surface area contributed by atoms with Crippen molar-refractivity contribution < 1.29 is 0 Å². The first kappa shape index (κ1) is 10.3. The maximum Gasteiger partial charge on any atom is -0.00975 e. The third-order valence-corrected chi connectivity index (χ3v) is 2.60. The normalized spacial score (nSPS) is 18.6. The van der Waals surface area contributed by atoms with E-state index in [0.29, 0.717) is 0 Å². The smallest absolute Gasteiger partial charge is 0.00975 e. The largest absolute Gasteiger partial charge is 0.0952 e. The molecule has 0 heterocycles. The van der Waals surface area contributed by atoms with Crippen molar-refractivity contribution in [2.24, 2.45) is 5.92 Å². The molecule has 1 rings (SSSR count). The highest BCUT2D eigenvalue weighted by Gasteiger charge is 2.08. The fraction of sp³-hybridized carbons (Fsp3) is 0.538. The van der Waals surface area contributed by atoms with Gasteiger partial charge in [0, 0.05) is 0 Å². The molecule has 0 spiro atoms. The van der Waals surface area contributed by atoms with Crippen LogP contribution in [-0.2, 0) is 0 Å². The molecule has 0 bridgehead atoms. The van der Waals surface area contributed by atoms with E-state index in [1.165, 1.54) is 30.4 Å². The SMILES string of the molecule is C=C1CC=CC=C1C[C@H](C)CCC. The van der Waals surface area contributed by atoms with Crippen molar-refractivity contribution in [3.05, 3.63) is 36.0 Å². The van der Waals surface area contributed by atoms with Gasteiger partial charge in [-0.05, 0) is 29.9 Å². The van der Waals surface area contributed by atoms with Gasteiger partial charge in [0.25, 0.3) is 0 Å². The van der Waals surface area contributed by atoms with E-state index in [0.717, 1.165) is 12.3 Å². The Morgan fingerprint density at radius 1 is 1.54 bits per heavy atom. The number of rotatable bonds is 4. The Balaban J connectivity index is 2.47. The summed E-state index contributed by atoms with van der Waals surface area (Å²) in [6.45, 7) is 8.67. The van der Waals surface area contributed by atoms with Gasteiger partial charge in [0.1, 0.15) is 0 Å². The summed E-state index contributed by atoms with van der Waals surface area (Å²) in [6.07, 6.45) is 11.4. The van der Waals surface area contributed by atoms with E-state index in [9.17, 15) is 0 Å². The van der Waals surface area contributed by atoms with E-state index in [2.05, 4.69) is 38.7 Å². The van der Waals surface area contributed by atoms with Crippen molar-refractivity contribution in [1.82, 2.24) is 0 Å². The van der Waals surface area contributed by atoms with E-state index in [4.69, 9.17) is 0 Å². The van der Waals surface area contributed by atoms with Crippen molar-refractivity contribution in [2.45, 2.75) is 39.5 Å². The second kappa shape index (κ2) is 5.06. The van der Waals surface area contributed by atoms with Crippen molar-refractivity contribution in [2.75, 3.05) is 0 Å². The average Bonchev–Trinajstić information content (AvgIpc) is 2.09. The fourth-order valence-electron chi connectivity index (χ4n) is 1.83.